The van der Waals surface area contributed by atoms with E-state index in [1.54, 1.807) is 0 Å². The van der Waals surface area contributed by atoms with Gasteiger partial charge in [-0.2, -0.15) is 0 Å². The quantitative estimate of drug-likeness (QED) is 0.116. The maximum absolute atomic E-state index is 5.79. The number of nitrogens with two attached hydrogens (primary N) is 1. The van der Waals surface area contributed by atoms with Crippen molar-refractivity contribution < 1.29 is 0 Å². The minimum Gasteiger partial charge on any atom is -0.399 e. The third-order valence-electron chi connectivity index (χ3n) is 6.84. The number of aryl methyl sites for hydroxylation is 1. The highest BCUT2D eigenvalue weighted by Crippen LogP contribution is 2.28. The number of nitrogens with zero attached hydrogens (tertiary/aromatic N) is 1. The summed E-state index contributed by atoms with van der Waals surface area (Å²) in [6, 6.07) is 41.6. The SMILES string of the molecule is C/C=C(\C=C/CC)c1ccc2ccc(-c3ccc(N)cc3)cc2c1.C=NCc1ccccc1.CCCC.Cc1ccccc1. The number of hydrogen-bond donors (Lipinski definition) is 1. The Kier molecular flexibility index (Phi) is 17.0. The Morgan fingerprint density at radius 3 is 1.82 bits per heavy atom. The molecule has 0 aliphatic heterocycles. The third kappa shape index (κ3) is 13.1. The van der Waals surface area contributed by atoms with E-state index >= 15 is 0 Å². The van der Waals surface area contributed by atoms with Crippen molar-refractivity contribution in [2.45, 2.75) is 60.4 Å². The van der Waals surface area contributed by atoms with Crippen LogP contribution >= 0.6 is 0 Å². The van der Waals surface area contributed by atoms with Crippen LogP contribution in [0.3, 0.4) is 0 Å². The fourth-order valence-corrected chi connectivity index (χ4v) is 4.13. The van der Waals surface area contributed by atoms with Gasteiger partial charge in [0, 0.05) is 5.69 Å². The lowest BCUT2D eigenvalue weighted by molar-refractivity contribution is 0.886. The van der Waals surface area contributed by atoms with E-state index in [1.165, 1.54) is 57.0 Å². The summed E-state index contributed by atoms with van der Waals surface area (Å²) in [6.45, 7) is 14.8. The molecule has 0 spiro atoms. The molecule has 0 atom stereocenters. The Morgan fingerprint density at radius 2 is 1.30 bits per heavy atom. The van der Waals surface area contributed by atoms with E-state index in [0.717, 1.165) is 18.7 Å². The van der Waals surface area contributed by atoms with Gasteiger partial charge in [-0.05, 0) is 89.9 Å². The number of benzene rings is 5. The fourth-order valence-electron chi connectivity index (χ4n) is 4.13. The van der Waals surface area contributed by atoms with E-state index in [0.29, 0.717) is 0 Å². The molecule has 0 aliphatic rings. The number of unbranched alkanes of at least 4 members (excludes halogenated alkanes) is 1. The van der Waals surface area contributed by atoms with Crippen molar-refractivity contribution in [3.05, 3.63) is 156 Å². The summed E-state index contributed by atoms with van der Waals surface area (Å²) < 4.78 is 0. The first-order chi connectivity index (χ1) is 21.4. The lowest BCUT2D eigenvalue weighted by atomic mass is 9.97. The van der Waals surface area contributed by atoms with Crippen LogP contribution in [0, 0.1) is 6.92 Å². The number of hydrogen-bond acceptors (Lipinski definition) is 2. The van der Waals surface area contributed by atoms with Crippen molar-refractivity contribution in [2.75, 3.05) is 5.73 Å². The van der Waals surface area contributed by atoms with Crippen LogP contribution in [0.25, 0.3) is 27.5 Å². The molecule has 0 aromatic heterocycles. The smallest absolute Gasteiger partial charge is 0.0632 e. The van der Waals surface area contributed by atoms with Crippen molar-refractivity contribution in [1.29, 1.82) is 0 Å². The summed E-state index contributed by atoms with van der Waals surface area (Å²) >= 11 is 0. The van der Waals surface area contributed by atoms with Crippen LogP contribution in [-0.2, 0) is 6.54 Å². The number of anilines is 1. The van der Waals surface area contributed by atoms with Crippen molar-refractivity contribution in [3.8, 4) is 11.1 Å². The van der Waals surface area contributed by atoms with E-state index in [4.69, 9.17) is 5.73 Å². The molecule has 2 heteroatoms. The number of fused-ring (bicyclic) bond motifs is 1. The molecule has 0 saturated heterocycles. The van der Waals surface area contributed by atoms with Crippen molar-refractivity contribution in [2.24, 2.45) is 4.99 Å². The molecule has 0 aliphatic carbocycles. The molecule has 228 valence electrons. The van der Waals surface area contributed by atoms with E-state index < -0.39 is 0 Å². The van der Waals surface area contributed by atoms with Gasteiger partial charge < -0.3 is 5.73 Å². The van der Waals surface area contributed by atoms with Gasteiger partial charge in [0.05, 0.1) is 6.54 Å². The molecule has 5 aromatic rings. The molecule has 0 saturated carbocycles. The summed E-state index contributed by atoms with van der Waals surface area (Å²) in [6.07, 6.45) is 10.2. The summed E-state index contributed by atoms with van der Waals surface area (Å²) in [4.78, 5) is 3.76. The van der Waals surface area contributed by atoms with Crippen LogP contribution in [0.5, 0.6) is 0 Å². The summed E-state index contributed by atoms with van der Waals surface area (Å²) in [5, 5.41) is 2.51. The predicted molar refractivity (Wildman–Crippen MR) is 198 cm³/mol. The zero-order valence-corrected chi connectivity index (χ0v) is 27.3. The topological polar surface area (TPSA) is 38.4 Å². The maximum atomic E-state index is 5.79. The van der Waals surface area contributed by atoms with Crippen LogP contribution < -0.4 is 5.73 Å². The zero-order chi connectivity index (χ0) is 32.0. The highest BCUT2D eigenvalue weighted by molar-refractivity contribution is 5.91. The summed E-state index contributed by atoms with van der Waals surface area (Å²) in [5.41, 5.74) is 14.0. The van der Waals surface area contributed by atoms with Crippen LogP contribution in [-0.4, -0.2) is 6.72 Å². The third-order valence-corrected chi connectivity index (χ3v) is 6.84. The molecule has 0 unspecified atom stereocenters. The van der Waals surface area contributed by atoms with E-state index in [1.807, 2.05) is 60.7 Å². The second kappa shape index (κ2) is 21.1. The van der Waals surface area contributed by atoms with Gasteiger partial charge in [-0.1, -0.05) is 154 Å². The molecule has 2 N–H and O–H groups in total. The van der Waals surface area contributed by atoms with E-state index in [-0.39, 0.29) is 0 Å². The lowest BCUT2D eigenvalue weighted by Crippen LogP contribution is -1.85. The molecule has 2 nitrogen and oxygen atoms in total. The Hall–Kier alpha value is -4.69. The summed E-state index contributed by atoms with van der Waals surface area (Å²) in [7, 11) is 0. The molecular formula is C42H50N2. The van der Waals surface area contributed by atoms with E-state index in [2.05, 4.69) is 125 Å². The predicted octanol–water partition coefficient (Wildman–Crippen LogP) is 12.1. The van der Waals surface area contributed by atoms with Gasteiger partial charge in [-0.15, -0.1) is 0 Å². The minimum absolute atomic E-state index is 0.723. The van der Waals surface area contributed by atoms with Gasteiger partial charge in [0.1, 0.15) is 0 Å². The average Bonchev–Trinajstić information content (AvgIpc) is 3.07. The van der Waals surface area contributed by atoms with Crippen molar-refractivity contribution in [3.63, 3.8) is 0 Å². The molecule has 44 heavy (non-hydrogen) atoms. The number of rotatable bonds is 7. The second-order valence-corrected chi connectivity index (χ2v) is 10.5. The lowest BCUT2D eigenvalue weighted by Gasteiger charge is -2.08. The number of allylic oxidation sites excluding steroid dienone is 4. The molecule has 0 amide bonds. The van der Waals surface area contributed by atoms with Gasteiger partial charge in [0.2, 0.25) is 0 Å². The van der Waals surface area contributed by atoms with Gasteiger partial charge in [0.25, 0.3) is 0 Å². The van der Waals surface area contributed by atoms with Gasteiger partial charge in [0.15, 0.2) is 0 Å². The largest absolute Gasteiger partial charge is 0.399 e. The highest BCUT2D eigenvalue weighted by atomic mass is 14.7. The Labute approximate surface area is 266 Å². The highest BCUT2D eigenvalue weighted by Gasteiger charge is 2.03. The average molecular weight is 583 g/mol. The molecular weight excluding hydrogens is 532 g/mol. The summed E-state index contributed by atoms with van der Waals surface area (Å²) in [5.74, 6) is 0. The van der Waals surface area contributed by atoms with Crippen LogP contribution in [0.15, 0.2) is 145 Å². The maximum Gasteiger partial charge on any atom is 0.0632 e. The molecule has 0 heterocycles. The monoisotopic (exact) mass is 582 g/mol. The zero-order valence-electron chi connectivity index (χ0n) is 27.3. The van der Waals surface area contributed by atoms with Crippen LogP contribution in [0.2, 0.25) is 0 Å². The Morgan fingerprint density at radius 1 is 0.705 bits per heavy atom. The first-order valence-electron chi connectivity index (χ1n) is 15.7. The normalized spacial score (nSPS) is 10.5. The first-order valence-corrected chi connectivity index (χ1v) is 15.7. The van der Waals surface area contributed by atoms with E-state index in [9.17, 15) is 0 Å². The van der Waals surface area contributed by atoms with Crippen molar-refractivity contribution in [1.82, 2.24) is 0 Å². The number of nitrogen functional groups attached to an aromatic ring is 1. The molecule has 5 aromatic carbocycles. The van der Waals surface area contributed by atoms with Crippen LogP contribution in [0.4, 0.5) is 5.69 Å². The Bertz CT molecular complexity index is 1540. The molecule has 0 radical (unpaired) electrons. The second-order valence-electron chi connectivity index (χ2n) is 10.5. The van der Waals surface area contributed by atoms with Crippen molar-refractivity contribution >= 4 is 28.8 Å². The Balaban J connectivity index is 0.000000273. The van der Waals surface area contributed by atoms with Crippen LogP contribution in [0.1, 0.15) is 63.6 Å². The standard InChI is InChI=1S/C23H23N.C8H9N.C7H8.C4H10/c1-3-5-6-17(4-2)20-9-7-19-8-10-21(16-22(19)15-20)18-11-13-23(24)14-12-18;1-9-7-8-5-3-2-4-6-8;1-7-5-3-2-4-6-7;1-3-4-2/h4-16H,3,24H2,1-2H3;2-6H,1,7H2;2-6H,1H3;3-4H2,1-2H3/b6-5-,17-4+;;;. The van der Waals surface area contributed by atoms with Gasteiger partial charge >= 0.3 is 0 Å². The molecule has 0 bridgehead atoms. The molecule has 5 rings (SSSR count). The van der Waals surface area contributed by atoms with Gasteiger partial charge in [-0.25, -0.2) is 0 Å². The minimum atomic E-state index is 0.723. The van der Waals surface area contributed by atoms with Gasteiger partial charge in [-0.3, -0.25) is 4.99 Å². The number of aliphatic imine (C=N–C) groups is 1. The first kappa shape index (κ1) is 35.5. The fraction of sp³-hybridized carbons (Fsp3) is 0.214. The molecule has 0 fully saturated rings.